The van der Waals surface area contributed by atoms with Crippen molar-refractivity contribution in [2.24, 2.45) is 0 Å². The summed E-state index contributed by atoms with van der Waals surface area (Å²) in [5.41, 5.74) is 0.647. The summed E-state index contributed by atoms with van der Waals surface area (Å²) < 4.78 is 36.6. The van der Waals surface area contributed by atoms with Gasteiger partial charge in [-0.05, 0) is 52.6 Å². The third-order valence-corrected chi connectivity index (χ3v) is 7.16. The number of hydrogen-bond donors (Lipinski definition) is 2. The summed E-state index contributed by atoms with van der Waals surface area (Å²) in [6, 6.07) is 28.5. The minimum absolute atomic E-state index is 0.0385. The number of esters is 1. The van der Waals surface area contributed by atoms with Crippen LogP contribution in [0.25, 0.3) is 21.5 Å². The second kappa shape index (κ2) is 10.2. The van der Waals surface area contributed by atoms with Gasteiger partial charge in [0.05, 0.1) is 7.11 Å². The zero-order chi connectivity index (χ0) is 26.7. The highest BCUT2D eigenvalue weighted by molar-refractivity contribution is 7.87. The predicted octanol–water partition coefficient (Wildman–Crippen LogP) is 6.19. The molecule has 0 atom stereocenters. The van der Waals surface area contributed by atoms with Gasteiger partial charge in [-0.3, -0.25) is 0 Å². The van der Waals surface area contributed by atoms with Gasteiger partial charge < -0.3 is 19.6 Å². The van der Waals surface area contributed by atoms with Crippen LogP contribution in [0.3, 0.4) is 0 Å². The Labute approximate surface area is 218 Å². The topological polar surface area (TPSA) is 111 Å². The summed E-state index contributed by atoms with van der Waals surface area (Å²) in [7, 11) is -3.14. The molecule has 5 aromatic carbocycles. The molecule has 0 aromatic heterocycles. The maximum Gasteiger partial charge on any atom is 0.341 e. The van der Waals surface area contributed by atoms with Crippen molar-refractivity contribution in [3.8, 4) is 5.75 Å². The molecule has 9 heteroatoms. The molecule has 2 N–H and O–H groups in total. The van der Waals surface area contributed by atoms with Gasteiger partial charge in [0.1, 0.15) is 10.5 Å². The van der Waals surface area contributed by atoms with Crippen molar-refractivity contribution in [2.45, 2.75) is 4.90 Å². The summed E-state index contributed by atoms with van der Waals surface area (Å²) in [6.45, 7) is 0. The number of nitrogens with one attached hydrogen (secondary N) is 2. The van der Waals surface area contributed by atoms with Gasteiger partial charge >= 0.3 is 22.1 Å². The number of benzene rings is 5. The maximum atomic E-state index is 13.2. The molecule has 5 rings (SSSR count). The molecule has 8 nitrogen and oxygen atoms in total. The highest BCUT2D eigenvalue weighted by atomic mass is 32.2. The van der Waals surface area contributed by atoms with E-state index in [4.69, 9.17) is 8.92 Å². The molecule has 0 radical (unpaired) electrons. The number of carbonyl (C=O) groups is 2. The summed E-state index contributed by atoms with van der Waals surface area (Å²) >= 11 is 0. The molecular formula is C29H22N2O6S. The number of rotatable bonds is 6. The van der Waals surface area contributed by atoms with Gasteiger partial charge in [-0.25, -0.2) is 9.59 Å². The van der Waals surface area contributed by atoms with Crippen LogP contribution in [0.4, 0.5) is 16.2 Å². The normalized spacial score (nSPS) is 11.2. The van der Waals surface area contributed by atoms with Crippen LogP contribution < -0.4 is 14.8 Å². The van der Waals surface area contributed by atoms with Crippen LogP contribution >= 0.6 is 0 Å². The van der Waals surface area contributed by atoms with Gasteiger partial charge in [0.2, 0.25) is 0 Å². The molecule has 0 heterocycles. The molecule has 0 spiro atoms. The largest absolute Gasteiger partial charge is 0.465 e. The standard InChI is InChI=1S/C29H22N2O6S/c1-36-28(32)25-18-23(31-29(33)30-22-14-13-19-7-2-3-9-21(19)17-22)15-16-26(25)37-38(34,35)27-12-6-10-20-8-4-5-11-24(20)27/h2-18H,1H3,(H2,30,31,33). The number of methoxy groups -OCH3 is 1. The van der Waals surface area contributed by atoms with Crippen LogP contribution in [0.15, 0.2) is 108 Å². The van der Waals surface area contributed by atoms with Crippen molar-refractivity contribution >= 4 is 55.0 Å². The van der Waals surface area contributed by atoms with E-state index in [1.54, 1.807) is 42.5 Å². The summed E-state index contributed by atoms with van der Waals surface area (Å²) in [6.07, 6.45) is 0. The third-order valence-electron chi connectivity index (χ3n) is 5.87. The molecule has 0 aliphatic carbocycles. The lowest BCUT2D eigenvalue weighted by molar-refractivity contribution is 0.0599. The Morgan fingerprint density at radius 3 is 2.08 bits per heavy atom. The first-order chi connectivity index (χ1) is 18.3. The second-order valence-electron chi connectivity index (χ2n) is 8.36. The van der Waals surface area contributed by atoms with Crippen LogP contribution in [0.2, 0.25) is 0 Å². The van der Waals surface area contributed by atoms with E-state index in [2.05, 4.69) is 10.6 Å². The Morgan fingerprint density at radius 1 is 0.684 bits per heavy atom. The van der Waals surface area contributed by atoms with Gasteiger partial charge in [0, 0.05) is 16.8 Å². The van der Waals surface area contributed by atoms with E-state index in [1.165, 1.54) is 24.3 Å². The molecule has 0 saturated carbocycles. The minimum atomic E-state index is -4.31. The first-order valence-electron chi connectivity index (χ1n) is 11.6. The number of carbonyl (C=O) groups excluding carboxylic acids is 2. The smallest absolute Gasteiger partial charge is 0.341 e. The van der Waals surface area contributed by atoms with Crippen molar-refractivity contribution < 1.29 is 26.9 Å². The van der Waals surface area contributed by atoms with E-state index < -0.39 is 22.1 Å². The van der Waals surface area contributed by atoms with Crippen molar-refractivity contribution in [3.05, 3.63) is 109 Å². The zero-order valence-corrected chi connectivity index (χ0v) is 21.0. The molecule has 38 heavy (non-hydrogen) atoms. The highest BCUT2D eigenvalue weighted by Gasteiger charge is 2.24. The van der Waals surface area contributed by atoms with Gasteiger partial charge in [0.25, 0.3) is 0 Å². The molecule has 0 aliphatic rings. The lowest BCUT2D eigenvalue weighted by Gasteiger charge is -2.14. The first kappa shape index (κ1) is 24.8. The fourth-order valence-electron chi connectivity index (χ4n) is 4.09. The lowest BCUT2D eigenvalue weighted by Crippen LogP contribution is -2.20. The number of fused-ring (bicyclic) bond motifs is 2. The fourth-order valence-corrected chi connectivity index (χ4v) is 5.26. The zero-order valence-electron chi connectivity index (χ0n) is 20.2. The Kier molecular flexibility index (Phi) is 6.68. The van der Waals surface area contributed by atoms with Crippen LogP contribution in [0.5, 0.6) is 5.75 Å². The van der Waals surface area contributed by atoms with Crippen LogP contribution in [-0.4, -0.2) is 27.5 Å². The van der Waals surface area contributed by atoms with E-state index in [-0.39, 0.29) is 21.9 Å². The van der Waals surface area contributed by atoms with E-state index in [9.17, 15) is 18.0 Å². The number of hydrogen-bond acceptors (Lipinski definition) is 6. The van der Waals surface area contributed by atoms with Gasteiger partial charge in [0.15, 0.2) is 5.75 Å². The molecule has 5 aromatic rings. The Balaban J connectivity index is 1.39. The molecule has 190 valence electrons. The van der Waals surface area contributed by atoms with Crippen LogP contribution in [-0.2, 0) is 14.9 Å². The van der Waals surface area contributed by atoms with Gasteiger partial charge in [-0.15, -0.1) is 0 Å². The summed E-state index contributed by atoms with van der Waals surface area (Å²) in [4.78, 5) is 25.1. The van der Waals surface area contributed by atoms with Gasteiger partial charge in [-0.1, -0.05) is 66.7 Å². The molecule has 2 amide bonds. The summed E-state index contributed by atoms with van der Waals surface area (Å²) in [5, 5.41) is 8.60. The molecule has 0 aliphatic heterocycles. The van der Waals surface area contributed by atoms with E-state index in [0.29, 0.717) is 11.1 Å². The van der Waals surface area contributed by atoms with Crippen LogP contribution in [0, 0.1) is 0 Å². The molecule has 0 fully saturated rings. The minimum Gasteiger partial charge on any atom is -0.465 e. The average Bonchev–Trinajstić information content (AvgIpc) is 2.92. The Bertz CT molecular complexity index is 1800. The number of ether oxygens (including phenoxy) is 1. The van der Waals surface area contributed by atoms with Crippen LogP contribution in [0.1, 0.15) is 10.4 Å². The third kappa shape index (κ3) is 5.14. The molecule has 0 bridgehead atoms. The Hall–Kier alpha value is -4.89. The van der Waals surface area contributed by atoms with Crippen molar-refractivity contribution in [3.63, 3.8) is 0 Å². The quantitative estimate of drug-likeness (QED) is 0.202. The Morgan fingerprint density at radius 2 is 1.32 bits per heavy atom. The molecule has 0 saturated heterocycles. The van der Waals surface area contributed by atoms with E-state index in [0.717, 1.165) is 23.3 Å². The predicted molar refractivity (Wildman–Crippen MR) is 146 cm³/mol. The number of anilines is 2. The lowest BCUT2D eigenvalue weighted by atomic mass is 10.1. The SMILES string of the molecule is COC(=O)c1cc(NC(=O)Nc2ccc3ccccc3c2)ccc1OS(=O)(=O)c1cccc2ccccc12. The fraction of sp³-hybridized carbons (Fsp3) is 0.0345. The van der Waals surface area contributed by atoms with Crippen molar-refractivity contribution in [1.29, 1.82) is 0 Å². The maximum absolute atomic E-state index is 13.2. The molecule has 0 unspecified atom stereocenters. The van der Waals surface area contributed by atoms with E-state index >= 15 is 0 Å². The molecular weight excluding hydrogens is 504 g/mol. The monoisotopic (exact) mass is 526 g/mol. The van der Waals surface area contributed by atoms with E-state index in [1.807, 2.05) is 36.4 Å². The first-order valence-corrected chi connectivity index (χ1v) is 13.0. The number of amides is 2. The van der Waals surface area contributed by atoms with Crippen molar-refractivity contribution in [2.75, 3.05) is 17.7 Å². The number of urea groups is 1. The highest BCUT2D eigenvalue weighted by Crippen LogP contribution is 2.30. The van der Waals surface area contributed by atoms with Crippen molar-refractivity contribution in [1.82, 2.24) is 0 Å². The second-order valence-corrected chi connectivity index (χ2v) is 9.87. The summed E-state index contributed by atoms with van der Waals surface area (Å²) in [5.74, 6) is -1.06. The van der Waals surface area contributed by atoms with Gasteiger partial charge in [-0.2, -0.15) is 8.42 Å². The average molecular weight is 527 g/mol.